The fourth-order valence-corrected chi connectivity index (χ4v) is 2.19. The van der Waals surface area contributed by atoms with E-state index in [4.69, 9.17) is 4.52 Å². The molecule has 2 rings (SSSR count). The predicted molar refractivity (Wildman–Crippen MR) is 71.3 cm³/mol. The summed E-state index contributed by atoms with van der Waals surface area (Å²) in [4.78, 5) is 0. The van der Waals surface area contributed by atoms with Gasteiger partial charge in [0.15, 0.2) is 5.58 Å². The first-order chi connectivity index (χ1) is 8.63. The van der Waals surface area contributed by atoms with Crippen LogP contribution in [0.25, 0.3) is 11.0 Å². The number of aryl methyl sites for hydroxylation is 1. The molecule has 2 aromatic rings. The number of fused-ring (bicyclic) bond motifs is 1. The number of unbranched alkanes of at least 4 members (excludes halogenated alkanes) is 2. The molecule has 0 radical (unpaired) electrons. The lowest BCUT2D eigenvalue weighted by atomic mass is 10.00. The Kier molecular flexibility index (Phi) is 4.00. The first kappa shape index (κ1) is 13.1. The zero-order valence-electron chi connectivity index (χ0n) is 11.3. The van der Waals surface area contributed by atoms with Crippen LogP contribution < -0.4 is 0 Å². The lowest BCUT2D eigenvalue weighted by Gasteiger charge is -2.06. The first-order valence-corrected chi connectivity index (χ1v) is 6.71. The molecule has 0 aliphatic carbocycles. The number of halogens is 1. The van der Waals surface area contributed by atoms with Crippen LogP contribution >= 0.6 is 0 Å². The topological polar surface area (TPSA) is 26.0 Å². The van der Waals surface area contributed by atoms with Crippen molar-refractivity contribution in [1.82, 2.24) is 5.16 Å². The van der Waals surface area contributed by atoms with Crippen molar-refractivity contribution in [3.8, 4) is 0 Å². The van der Waals surface area contributed by atoms with E-state index in [2.05, 4.69) is 12.1 Å². The monoisotopic (exact) mass is 249 g/mol. The Morgan fingerprint density at radius 2 is 2.06 bits per heavy atom. The van der Waals surface area contributed by atoms with Crippen LogP contribution in [0.3, 0.4) is 0 Å². The van der Waals surface area contributed by atoms with Gasteiger partial charge in [0, 0.05) is 5.39 Å². The van der Waals surface area contributed by atoms with Crippen molar-refractivity contribution < 1.29 is 8.91 Å². The van der Waals surface area contributed by atoms with E-state index in [0.29, 0.717) is 11.1 Å². The highest BCUT2D eigenvalue weighted by Crippen LogP contribution is 2.27. The van der Waals surface area contributed by atoms with Crippen molar-refractivity contribution in [2.75, 3.05) is 0 Å². The molecule has 0 amide bonds. The maximum absolute atomic E-state index is 13.9. The second-order valence-electron chi connectivity index (χ2n) is 5.11. The molecule has 1 heterocycles. The van der Waals surface area contributed by atoms with Gasteiger partial charge in [0.2, 0.25) is 0 Å². The van der Waals surface area contributed by atoms with E-state index in [1.807, 2.05) is 13.8 Å². The molecule has 0 saturated carbocycles. The summed E-state index contributed by atoms with van der Waals surface area (Å²) < 4.78 is 19.3. The Labute approximate surface area is 107 Å². The van der Waals surface area contributed by atoms with Crippen LogP contribution in [0.4, 0.5) is 4.39 Å². The van der Waals surface area contributed by atoms with Gasteiger partial charge in [0.1, 0.15) is 5.82 Å². The highest BCUT2D eigenvalue weighted by atomic mass is 19.1. The van der Waals surface area contributed by atoms with Gasteiger partial charge in [-0.1, -0.05) is 38.8 Å². The third kappa shape index (κ3) is 2.55. The summed E-state index contributed by atoms with van der Waals surface area (Å²) in [7, 11) is 0. The molecular weight excluding hydrogens is 229 g/mol. The molecule has 0 saturated heterocycles. The van der Waals surface area contributed by atoms with Crippen LogP contribution in [0.2, 0.25) is 0 Å². The molecule has 0 atom stereocenters. The Hall–Kier alpha value is -1.38. The maximum Gasteiger partial charge on any atom is 0.167 e. The van der Waals surface area contributed by atoms with Gasteiger partial charge in [-0.25, -0.2) is 4.39 Å². The summed E-state index contributed by atoms with van der Waals surface area (Å²) in [6, 6.07) is 3.36. The number of aromatic nitrogens is 1. The summed E-state index contributed by atoms with van der Waals surface area (Å²) in [6.45, 7) is 6.11. The van der Waals surface area contributed by atoms with Crippen LogP contribution in [0.15, 0.2) is 16.7 Å². The minimum atomic E-state index is -0.155. The molecule has 98 valence electrons. The van der Waals surface area contributed by atoms with E-state index in [0.717, 1.165) is 23.9 Å². The van der Waals surface area contributed by atoms with Crippen LogP contribution in [-0.2, 0) is 6.42 Å². The standard InChI is InChI=1S/C15H20FNO/c1-4-5-6-7-14-12-8-13(16)11(10(2)3)9-15(12)18-17-14/h8-10H,4-7H2,1-3H3. The minimum absolute atomic E-state index is 0.155. The van der Waals surface area contributed by atoms with Crippen molar-refractivity contribution >= 4 is 11.0 Å². The Morgan fingerprint density at radius 1 is 1.28 bits per heavy atom. The summed E-state index contributed by atoms with van der Waals surface area (Å²) in [5.41, 5.74) is 2.28. The van der Waals surface area contributed by atoms with Crippen molar-refractivity contribution in [1.29, 1.82) is 0 Å². The summed E-state index contributed by atoms with van der Waals surface area (Å²) in [5.74, 6) is 0.000447. The van der Waals surface area contributed by atoms with Gasteiger partial charge in [0.25, 0.3) is 0 Å². The molecule has 0 bridgehead atoms. The number of benzene rings is 1. The van der Waals surface area contributed by atoms with Gasteiger partial charge < -0.3 is 4.52 Å². The van der Waals surface area contributed by atoms with Gasteiger partial charge in [-0.3, -0.25) is 0 Å². The second kappa shape index (κ2) is 5.51. The summed E-state index contributed by atoms with van der Waals surface area (Å²) in [6.07, 6.45) is 4.27. The molecule has 0 N–H and O–H groups in total. The molecule has 0 fully saturated rings. The van der Waals surface area contributed by atoms with Crippen LogP contribution in [0.5, 0.6) is 0 Å². The van der Waals surface area contributed by atoms with E-state index >= 15 is 0 Å². The van der Waals surface area contributed by atoms with Gasteiger partial charge in [0.05, 0.1) is 5.69 Å². The molecule has 2 nitrogen and oxygen atoms in total. The average Bonchev–Trinajstić information content (AvgIpc) is 2.71. The SMILES string of the molecule is CCCCCc1noc2cc(C(C)C)c(F)cc12. The minimum Gasteiger partial charge on any atom is -0.356 e. The smallest absolute Gasteiger partial charge is 0.167 e. The van der Waals surface area contributed by atoms with E-state index in [1.54, 1.807) is 12.1 Å². The number of nitrogens with zero attached hydrogens (tertiary/aromatic N) is 1. The van der Waals surface area contributed by atoms with Crippen LogP contribution in [0, 0.1) is 5.82 Å². The van der Waals surface area contributed by atoms with Crippen LogP contribution in [-0.4, -0.2) is 5.16 Å². The summed E-state index contributed by atoms with van der Waals surface area (Å²) >= 11 is 0. The van der Waals surface area contributed by atoms with Crippen LogP contribution in [0.1, 0.15) is 57.2 Å². The molecular formula is C15H20FNO. The van der Waals surface area contributed by atoms with E-state index < -0.39 is 0 Å². The lowest BCUT2D eigenvalue weighted by molar-refractivity contribution is 0.443. The van der Waals surface area contributed by atoms with E-state index in [9.17, 15) is 4.39 Å². The Bertz CT molecular complexity index is 531. The fraction of sp³-hybridized carbons (Fsp3) is 0.533. The lowest BCUT2D eigenvalue weighted by Crippen LogP contribution is -1.93. The van der Waals surface area contributed by atoms with E-state index in [-0.39, 0.29) is 11.7 Å². The normalized spacial score (nSPS) is 11.6. The highest BCUT2D eigenvalue weighted by Gasteiger charge is 2.14. The third-order valence-electron chi connectivity index (χ3n) is 3.30. The van der Waals surface area contributed by atoms with Gasteiger partial charge in [-0.05, 0) is 36.5 Å². The zero-order valence-corrected chi connectivity index (χ0v) is 11.3. The highest BCUT2D eigenvalue weighted by molar-refractivity contribution is 5.80. The maximum atomic E-state index is 13.9. The third-order valence-corrected chi connectivity index (χ3v) is 3.30. The van der Waals surface area contributed by atoms with Crippen molar-refractivity contribution in [2.24, 2.45) is 0 Å². The van der Waals surface area contributed by atoms with Crippen molar-refractivity contribution in [3.05, 3.63) is 29.2 Å². The average molecular weight is 249 g/mol. The molecule has 1 aromatic carbocycles. The first-order valence-electron chi connectivity index (χ1n) is 6.71. The molecule has 18 heavy (non-hydrogen) atoms. The van der Waals surface area contributed by atoms with E-state index in [1.165, 1.54) is 12.8 Å². The number of hydrogen-bond donors (Lipinski definition) is 0. The summed E-state index contributed by atoms with van der Waals surface area (Å²) in [5, 5.41) is 4.89. The molecule has 3 heteroatoms. The molecule has 1 aromatic heterocycles. The van der Waals surface area contributed by atoms with Gasteiger partial charge in [-0.15, -0.1) is 0 Å². The van der Waals surface area contributed by atoms with Gasteiger partial charge in [-0.2, -0.15) is 0 Å². The quantitative estimate of drug-likeness (QED) is 0.710. The molecule has 0 aliphatic rings. The largest absolute Gasteiger partial charge is 0.356 e. The molecule has 0 spiro atoms. The Morgan fingerprint density at radius 3 is 2.72 bits per heavy atom. The predicted octanol–water partition coefficient (Wildman–Crippen LogP) is 4.82. The number of hydrogen-bond acceptors (Lipinski definition) is 2. The van der Waals surface area contributed by atoms with Crippen molar-refractivity contribution in [3.63, 3.8) is 0 Å². The Balaban J connectivity index is 2.32. The van der Waals surface area contributed by atoms with Gasteiger partial charge >= 0.3 is 0 Å². The van der Waals surface area contributed by atoms with Crippen molar-refractivity contribution in [2.45, 2.75) is 52.4 Å². The zero-order chi connectivity index (χ0) is 13.1. The number of rotatable bonds is 5. The fourth-order valence-electron chi connectivity index (χ4n) is 2.19. The second-order valence-corrected chi connectivity index (χ2v) is 5.11. The molecule has 0 aliphatic heterocycles. The molecule has 0 unspecified atom stereocenters.